The summed E-state index contributed by atoms with van der Waals surface area (Å²) in [7, 11) is 0. The largest absolute Gasteiger partial charge is 0.485 e. The van der Waals surface area contributed by atoms with Crippen molar-refractivity contribution in [2.24, 2.45) is 11.3 Å². The van der Waals surface area contributed by atoms with E-state index in [4.69, 9.17) is 4.74 Å². The zero-order chi connectivity index (χ0) is 27.1. The van der Waals surface area contributed by atoms with Gasteiger partial charge in [0.05, 0.1) is 12.1 Å². The van der Waals surface area contributed by atoms with Gasteiger partial charge in [0.1, 0.15) is 17.7 Å². The highest BCUT2D eigenvalue weighted by atomic mass is 19.1. The summed E-state index contributed by atoms with van der Waals surface area (Å²) >= 11 is 0. The lowest BCUT2D eigenvalue weighted by atomic mass is 9.90. The molecule has 2 aromatic carbocycles. The first-order chi connectivity index (χ1) is 18.8. The second-order valence-corrected chi connectivity index (χ2v) is 12.1. The molecule has 5 nitrogen and oxygen atoms in total. The first-order valence-electron chi connectivity index (χ1n) is 14.3. The summed E-state index contributed by atoms with van der Waals surface area (Å²) in [6.45, 7) is 6.63. The van der Waals surface area contributed by atoms with Gasteiger partial charge in [0.25, 0.3) is 0 Å². The maximum absolute atomic E-state index is 15.0. The van der Waals surface area contributed by atoms with E-state index in [1.54, 1.807) is 6.92 Å². The molecule has 3 aliphatic rings. The minimum Gasteiger partial charge on any atom is -0.485 e. The van der Waals surface area contributed by atoms with Gasteiger partial charge < -0.3 is 9.84 Å². The molecule has 2 aliphatic heterocycles. The Balaban J connectivity index is 1.30. The molecule has 2 fully saturated rings. The number of benzene rings is 2. The Hall–Kier alpha value is -3.25. The zero-order valence-corrected chi connectivity index (χ0v) is 22.9. The second kappa shape index (κ2) is 10.4. The Morgan fingerprint density at radius 1 is 1.18 bits per heavy atom. The minimum absolute atomic E-state index is 0.0994. The minimum atomic E-state index is -0.790. The molecule has 0 radical (unpaired) electrons. The van der Waals surface area contributed by atoms with Crippen LogP contribution in [0, 0.1) is 24.1 Å². The van der Waals surface area contributed by atoms with Gasteiger partial charge in [-0.3, -0.25) is 14.7 Å². The number of carboxylic acids is 1. The molecule has 0 amide bonds. The number of piperidine rings is 1. The Kier molecular flexibility index (Phi) is 6.92. The van der Waals surface area contributed by atoms with Crippen molar-refractivity contribution in [3.63, 3.8) is 0 Å². The van der Waals surface area contributed by atoms with Gasteiger partial charge >= 0.3 is 5.97 Å². The first-order valence-corrected chi connectivity index (χ1v) is 14.3. The molecule has 3 heterocycles. The highest BCUT2D eigenvalue weighted by Crippen LogP contribution is 2.52. The van der Waals surface area contributed by atoms with Crippen molar-refractivity contribution >= 4 is 5.97 Å². The van der Waals surface area contributed by atoms with Crippen LogP contribution < -0.4 is 4.74 Å². The van der Waals surface area contributed by atoms with Crippen LogP contribution in [0.15, 0.2) is 48.7 Å². The topological polar surface area (TPSA) is 62.7 Å². The van der Waals surface area contributed by atoms with Crippen LogP contribution in [-0.2, 0) is 24.2 Å². The lowest BCUT2D eigenvalue weighted by Crippen LogP contribution is -2.36. The monoisotopic (exact) mass is 528 g/mol. The number of hydrogen-bond donors (Lipinski definition) is 1. The number of likely N-dealkylation sites (tertiary alicyclic amines) is 1. The quantitative estimate of drug-likeness (QED) is 0.361. The van der Waals surface area contributed by atoms with Crippen LogP contribution in [0.3, 0.4) is 0 Å². The zero-order valence-electron chi connectivity index (χ0n) is 22.9. The van der Waals surface area contributed by atoms with E-state index in [-0.39, 0.29) is 11.9 Å². The molecule has 0 bridgehead atoms. The number of carboxylic acid groups (broad SMARTS) is 1. The first kappa shape index (κ1) is 26.0. The van der Waals surface area contributed by atoms with E-state index in [0.717, 1.165) is 71.7 Å². The summed E-state index contributed by atoms with van der Waals surface area (Å²) in [4.78, 5) is 18.1. The van der Waals surface area contributed by atoms with Gasteiger partial charge in [-0.05, 0) is 104 Å². The average molecular weight is 529 g/mol. The summed E-state index contributed by atoms with van der Waals surface area (Å²) in [5.74, 6) is -0.687. The van der Waals surface area contributed by atoms with Gasteiger partial charge in [-0.2, -0.15) is 0 Å². The number of ether oxygens (including phenoxy) is 1. The Labute approximate surface area is 230 Å². The molecule has 204 valence electrons. The molecule has 39 heavy (non-hydrogen) atoms. The summed E-state index contributed by atoms with van der Waals surface area (Å²) in [6, 6.07) is 14.3. The van der Waals surface area contributed by atoms with Gasteiger partial charge in [0.2, 0.25) is 0 Å². The summed E-state index contributed by atoms with van der Waals surface area (Å²) < 4.78 is 21.5. The van der Waals surface area contributed by atoms with E-state index in [1.165, 1.54) is 31.9 Å². The van der Waals surface area contributed by atoms with Crippen molar-refractivity contribution < 1.29 is 19.0 Å². The maximum Gasteiger partial charge on any atom is 0.306 e. The van der Waals surface area contributed by atoms with Crippen LogP contribution in [0.5, 0.6) is 5.75 Å². The summed E-state index contributed by atoms with van der Waals surface area (Å²) in [5, 5.41) is 9.32. The van der Waals surface area contributed by atoms with Crippen LogP contribution in [0.2, 0.25) is 0 Å². The molecule has 2 unspecified atom stereocenters. The van der Waals surface area contributed by atoms with Crippen molar-refractivity contribution in [3.05, 3.63) is 82.4 Å². The third kappa shape index (κ3) is 5.58. The van der Waals surface area contributed by atoms with Crippen molar-refractivity contribution in [3.8, 4) is 16.9 Å². The number of rotatable bonds is 7. The number of nitrogens with zero attached hydrogens (tertiary/aromatic N) is 2. The molecule has 1 saturated heterocycles. The number of pyridine rings is 1. The SMILES string of the molecule is Cc1cc(-c2ccc(C3CCc4ccc(CC(C)C(=O)O)cc4O3)cc2CN2CCCC3(CC3)C2)c(F)cn1. The number of carbonyl (C=O) groups is 1. The number of halogens is 1. The fourth-order valence-electron chi connectivity index (χ4n) is 6.44. The van der Waals surface area contributed by atoms with E-state index in [9.17, 15) is 9.90 Å². The third-order valence-corrected chi connectivity index (χ3v) is 8.91. The van der Waals surface area contributed by atoms with Crippen LogP contribution in [0.1, 0.15) is 73.1 Å². The Morgan fingerprint density at radius 2 is 2.03 bits per heavy atom. The fraction of sp³-hybridized carbons (Fsp3) is 0.455. The maximum atomic E-state index is 15.0. The number of aliphatic carboxylic acids is 1. The lowest BCUT2D eigenvalue weighted by molar-refractivity contribution is -0.141. The molecule has 1 N–H and O–H groups in total. The Morgan fingerprint density at radius 3 is 2.82 bits per heavy atom. The predicted octanol–water partition coefficient (Wildman–Crippen LogP) is 6.90. The normalized spacial score (nSPS) is 20.7. The van der Waals surface area contributed by atoms with Gasteiger partial charge in [-0.1, -0.05) is 37.3 Å². The molecule has 1 saturated carbocycles. The molecule has 1 spiro atoms. The predicted molar refractivity (Wildman–Crippen MR) is 149 cm³/mol. The van der Waals surface area contributed by atoms with Crippen LogP contribution in [0.4, 0.5) is 4.39 Å². The standard InChI is InChI=1S/C33H37FN2O3/c1-21(32(37)38)14-23-4-5-24-7-9-30(39-31(24)16-23)25-6-8-27(28-15-22(2)35-18-29(28)34)26(17-25)19-36-13-3-10-33(20-36)11-12-33/h4-6,8,15-18,21,30H,3,7,9-14,19-20H2,1-2H3,(H,37,38). The van der Waals surface area contributed by atoms with E-state index in [2.05, 4.69) is 34.1 Å². The smallest absolute Gasteiger partial charge is 0.306 e. The van der Waals surface area contributed by atoms with E-state index in [0.29, 0.717) is 17.4 Å². The van der Waals surface area contributed by atoms with Gasteiger partial charge in [-0.25, -0.2) is 4.39 Å². The highest BCUT2D eigenvalue weighted by Gasteiger charge is 2.45. The second-order valence-electron chi connectivity index (χ2n) is 12.1. The molecule has 1 aliphatic carbocycles. The summed E-state index contributed by atoms with van der Waals surface area (Å²) in [6.07, 6.45) is 8.69. The van der Waals surface area contributed by atoms with E-state index in [1.807, 2.05) is 25.1 Å². The molecular formula is C33H37FN2O3. The highest BCUT2D eigenvalue weighted by molar-refractivity contribution is 5.70. The summed E-state index contributed by atoms with van der Waals surface area (Å²) in [5.41, 5.74) is 7.22. The van der Waals surface area contributed by atoms with Gasteiger partial charge in [-0.15, -0.1) is 0 Å². The lowest BCUT2D eigenvalue weighted by Gasteiger charge is -2.34. The number of fused-ring (bicyclic) bond motifs is 1. The van der Waals surface area contributed by atoms with Crippen LogP contribution in [0.25, 0.3) is 11.1 Å². The van der Waals surface area contributed by atoms with Crippen LogP contribution >= 0.6 is 0 Å². The number of aryl methyl sites for hydroxylation is 2. The van der Waals surface area contributed by atoms with Gasteiger partial charge in [0.15, 0.2) is 0 Å². The molecule has 2 atom stereocenters. The molecule has 3 aromatic rings. The van der Waals surface area contributed by atoms with Crippen molar-refractivity contribution in [1.82, 2.24) is 9.88 Å². The van der Waals surface area contributed by atoms with E-state index < -0.39 is 11.9 Å². The fourth-order valence-corrected chi connectivity index (χ4v) is 6.44. The van der Waals surface area contributed by atoms with E-state index >= 15 is 4.39 Å². The number of aromatic nitrogens is 1. The van der Waals surface area contributed by atoms with Gasteiger partial charge in [0, 0.05) is 24.3 Å². The molecule has 6 rings (SSSR count). The Bertz CT molecular complexity index is 1400. The third-order valence-electron chi connectivity index (χ3n) is 8.91. The van der Waals surface area contributed by atoms with Crippen molar-refractivity contribution in [1.29, 1.82) is 0 Å². The van der Waals surface area contributed by atoms with Crippen molar-refractivity contribution in [2.45, 2.75) is 71.4 Å². The van der Waals surface area contributed by atoms with Crippen LogP contribution in [-0.4, -0.2) is 34.0 Å². The molecular weight excluding hydrogens is 491 g/mol. The number of hydrogen-bond acceptors (Lipinski definition) is 4. The van der Waals surface area contributed by atoms with Crippen molar-refractivity contribution in [2.75, 3.05) is 13.1 Å². The molecule has 1 aromatic heterocycles. The average Bonchev–Trinajstić information content (AvgIpc) is 3.67. The molecule has 6 heteroatoms.